The van der Waals surface area contributed by atoms with E-state index in [1.807, 2.05) is 0 Å². The van der Waals surface area contributed by atoms with Gasteiger partial charge in [0.15, 0.2) is 0 Å². The smallest absolute Gasteiger partial charge is 0.466 e. The number of ether oxygens (including phenoxy) is 2. The molecule has 0 saturated carbocycles. The molecule has 1 aliphatic rings. The first-order valence-electron chi connectivity index (χ1n) is 7.98. The molecule has 1 aromatic carbocycles. The summed E-state index contributed by atoms with van der Waals surface area (Å²) in [5, 5.41) is 42.4. The SMILES string of the molecule is COc1ccccc1CC(=NOS(=O)(=O)O)SC1OC(CO)C(O)C(O)C1O. The lowest BCUT2D eigenvalue weighted by molar-refractivity contribution is -0.205. The van der Waals surface area contributed by atoms with Gasteiger partial charge in [-0.15, -0.1) is 0 Å². The highest BCUT2D eigenvalue weighted by Gasteiger charge is 2.44. The van der Waals surface area contributed by atoms with Crippen LogP contribution in [-0.2, 0) is 25.8 Å². The van der Waals surface area contributed by atoms with Crippen molar-refractivity contribution in [1.82, 2.24) is 0 Å². The lowest BCUT2D eigenvalue weighted by Crippen LogP contribution is -2.57. The second-order valence-electron chi connectivity index (χ2n) is 5.79. The van der Waals surface area contributed by atoms with Gasteiger partial charge in [-0.1, -0.05) is 35.1 Å². The van der Waals surface area contributed by atoms with E-state index in [1.165, 1.54) is 7.11 Å². The Morgan fingerprint density at radius 1 is 1.21 bits per heavy atom. The van der Waals surface area contributed by atoms with Gasteiger partial charge in [0.25, 0.3) is 0 Å². The number of benzene rings is 1. The van der Waals surface area contributed by atoms with E-state index in [4.69, 9.17) is 14.0 Å². The maximum absolute atomic E-state index is 10.9. The fraction of sp³-hybridized carbons (Fsp3) is 0.533. The molecule has 1 saturated heterocycles. The average molecular weight is 439 g/mol. The van der Waals surface area contributed by atoms with Gasteiger partial charge in [-0.05, 0) is 6.07 Å². The third kappa shape index (κ3) is 6.02. The van der Waals surface area contributed by atoms with Gasteiger partial charge >= 0.3 is 10.4 Å². The summed E-state index contributed by atoms with van der Waals surface area (Å²) in [4.78, 5) is 0. The molecule has 5 N–H and O–H groups in total. The standard InChI is InChI=1S/C15H21NO10S2/c1-24-9-5-3-2-4-8(9)6-11(16-26-28(21,22)23)27-15-14(20)13(19)12(18)10(7-17)25-15/h2-5,10,12-15,17-20H,6-7H2,1H3,(H,21,22,23). The zero-order valence-electron chi connectivity index (χ0n) is 14.7. The molecular weight excluding hydrogens is 418 g/mol. The minimum atomic E-state index is -4.88. The van der Waals surface area contributed by atoms with Crippen molar-refractivity contribution in [1.29, 1.82) is 0 Å². The van der Waals surface area contributed by atoms with Crippen LogP contribution in [0, 0.1) is 0 Å². The molecule has 0 radical (unpaired) electrons. The highest BCUT2D eigenvalue weighted by Crippen LogP contribution is 2.31. The molecule has 5 unspecified atom stereocenters. The van der Waals surface area contributed by atoms with Crippen LogP contribution in [0.25, 0.3) is 0 Å². The quantitative estimate of drug-likeness (QED) is 0.151. The Kier molecular flexibility index (Phi) is 8.03. The van der Waals surface area contributed by atoms with Crippen LogP contribution in [0.1, 0.15) is 5.56 Å². The highest BCUT2D eigenvalue weighted by molar-refractivity contribution is 8.14. The van der Waals surface area contributed by atoms with Crippen LogP contribution >= 0.6 is 11.8 Å². The van der Waals surface area contributed by atoms with Crippen molar-refractivity contribution >= 4 is 27.2 Å². The third-order valence-corrected chi connectivity index (χ3v) is 5.24. The molecule has 0 aromatic heterocycles. The number of oxime groups is 1. The van der Waals surface area contributed by atoms with Crippen molar-refractivity contribution in [3.05, 3.63) is 29.8 Å². The first kappa shape index (κ1) is 22.8. The molecule has 1 heterocycles. The summed E-state index contributed by atoms with van der Waals surface area (Å²) in [5.74, 6) is 0.469. The molecule has 0 spiro atoms. The van der Waals surface area contributed by atoms with E-state index in [-0.39, 0.29) is 11.5 Å². The van der Waals surface area contributed by atoms with Crippen LogP contribution in [0.5, 0.6) is 5.75 Å². The van der Waals surface area contributed by atoms with Crippen molar-refractivity contribution in [3.8, 4) is 5.75 Å². The Bertz CT molecular complexity index is 785. The Labute approximate surface area is 165 Å². The maximum Gasteiger partial charge on any atom is 0.466 e. The lowest BCUT2D eigenvalue weighted by Gasteiger charge is -2.39. The molecule has 5 atom stereocenters. The summed E-state index contributed by atoms with van der Waals surface area (Å²) in [6, 6.07) is 6.76. The van der Waals surface area contributed by atoms with Crippen molar-refractivity contribution in [2.75, 3.05) is 13.7 Å². The van der Waals surface area contributed by atoms with E-state index in [1.54, 1.807) is 24.3 Å². The summed E-state index contributed by atoms with van der Waals surface area (Å²) < 4.78 is 45.1. The van der Waals surface area contributed by atoms with Crippen LogP contribution in [-0.4, -0.2) is 82.0 Å². The fourth-order valence-electron chi connectivity index (χ4n) is 2.49. The molecule has 2 rings (SSSR count). The molecule has 1 aliphatic heterocycles. The van der Waals surface area contributed by atoms with Gasteiger partial charge in [-0.25, -0.2) is 4.28 Å². The zero-order valence-corrected chi connectivity index (χ0v) is 16.3. The normalized spacial score (nSPS) is 28.8. The van der Waals surface area contributed by atoms with Crippen LogP contribution in [0.2, 0.25) is 0 Å². The number of methoxy groups -OCH3 is 1. The predicted octanol–water partition coefficient (Wildman–Crippen LogP) is -1.10. The van der Waals surface area contributed by atoms with Crippen molar-refractivity contribution < 1.29 is 47.2 Å². The largest absolute Gasteiger partial charge is 0.496 e. The molecule has 158 valence electrons. The number of hydrogen-bond donors (Lipinski definition) is 5. The third-order valence-electron chi connectivity index (χ3n) is 3.87. The second-order valence-corrected chi connectivity index (χ2v) is 7.97. The molecular formula is C15H21NO10S2. The van der Waals surface area contributed by atoms with E-state index in [0.717, 1.165) is 0 Å². The molecule has 1 aromatic rings. The molecule has 0 bridgehead atoms. The van der Waals surface area contributed by atoms with Crippen LogP contribution < -0.4 is 4.74 Å². The van der Waals surface area contributed by atoms with Crippen LogP contribution in [0.15, 0.2) is 29.4 Å². The second kappa shape index (κ2) is 9.84. The summed E-state index contributed by atoms with van der Waals surface area (Å²) in [6.45, 7) is -0.623. The van der Waals surface area contributed by atoms with E-state index in [2.05, 4.69) is 9.44 Å². The number of rotatable bonds is 7. The Balaban J connectivity index is 2.26. The zero-order chi connectivity index (χ0) is 20.9. The first-order chi connectivity index (χ1) is 13.2. The fourth-order valence-corrected chi connectivity index (χ4v) is 3.81. The molecule has 1 fully saturated rings. The van der Waals surface area contributed by atoms with Crippen molar-refractivity contribution in [2.45, 2.75) is 36.3 Å². The van der Waals surface area contributed by atoms with Gasteiger partial charge in [0.2, 0.25) is 0 Å². The Morgan fingerprint density at radius 3 is 2.50 bits per heavy atom. The number of para-hydroxylation sites is 1. The van der Waals surface area contributed by atoms with E-state index < -0.39 is 46.9 Å². The van der Waals surface area contributed by atoms with Gasteiger partial charge < -0.3 is 29.9 Å². The molecule has 0 aliphatic carbocycles. The van der Waals surface area contributed by atoms with Crippen molar-refractivity contribution in [3.63, 3.8) is 0 Å². The number of thioether (sulfide) groups is 1. The average Bonchev–Trinajstić information content (AvgIpc) is 2.66. The Morgan fingerprint density at radius 2 is 1.89 bits per heavy atom. The van der Waals surface area contributed by atoms with Crippen LogP contribution in [0.3, 0.4) is 0 Å². The predicted molar refractivity (Wildman–Crippen MR) is 98.1 cm³/mol. The van der Waals surface area contributed by atoms with Gasteiger partial charge in [-0.2, -0.15) is 8.42 Å². The topological polar surface area (TPSA) is 175 Å². The number of hydrogen-bond acceptors (Lipinski definition) is 11. The summed E-state index contributed by atoms with van der Waals surface area (Å²) in [5.41, 5.74) is -0.631. The Hall–Kier alpha value is -1.45. The van der Waals surface area contributed by atoms with E-state index >= 15 is 0 Å². The van der Waals surface area contributed by atoms with Gasteiger partial charge in [-0.3, -0.25) is 4.55 Å². The van der Waals surface area contributed by atoms with E-state index in [0.29, 0.717) is 23.1 Å². The lowest BCUT2D eigenvalue weighted by atomic mass is 10.0. The van der Waals surface area contributed by atoms with E-state index in [9.17, 15) is 28.8 Å². The first-order valence-corrected chi connectivity index (χ1v) is 10.2. The number of aliphatic hydroxyl groups is 4. The maximum atomic E-state index is 10.9. The summed E-state index contributed by atoms with van der Waals surface area (Å²) >= 11 is 0.693. The minimum Gasteiger partial charge on any atom is -0.496 e. The van der Waals surface area contributed by atoms with Gasteiger partial charge in [0, 0.05) is 12.0 Å². The summed E-state index contributed by atoms with van der Waals surface area (Å²) in [6.07, 6.45) is -5.90. The number of aliphatic hydroxyl groups excluding tert-OH is 4. The minimum absolute atomic E-state index is 0.0286. The molecule has 0 amide bonds. The van der Waals surface area contributed by atoms with Gasteiger partial charge in [0.05, 0.1) is 13.7 Å². The molecule has 28 heavy (non-hydrogen) atoms. The molecule has 13 heteroatoms. The van der Waals surface area contributed by atoms with Crippen LogP contribution in [0.4, 0.5) is 0 Å². The molecule has 11 nitrogen and oxygen atoms in total. The van der Waals surface area contributed by atoms with Gasteiger partial charge in [0.1, 0.15) is 40.6 Å². The monoisotopic (exact) mass is 439 g/mol. The highest BCUT2D eigenvalue weighted by atomic mass is 32.3. The number of nitrogens with zero attached hydrogens (tertiary/aromatic N) is 1. The van der Waals surface area contributed by atoms with Crippen molar-refractivity contribution in [2.24, 2.45) is 5.16 Å². The summed E-state index contributed by atoms with van der Waals surface area (Å²) in [7, 11) is -3.44.